The van der Waals surface area contributed by atoms with Crippen LogP contribution in [0.4, 0.5) is 5.69 Å². The van der Waals surface area contributed by atoms with Crippen LogP contribution in [0.1, 0.15) is 11.1 Å². The average Bonchev–Trinajstić information content (AvgIpc) is 2.43. The molecule has 0 saturated heterocycles. The zero-order chi connectivity index (χ0) is 15.5. The molecule has 0 aliphatic rings. The first-order valence-electron chi connectivity index (χ1n) is 6.30. The van der Waals surface area contributed by atoms with Crippen LogP contribution < -0.4 is 10.0 Å². The molecule has 1 aromatic carbocycles. The molecule has 0 aliphatic heterocycles. The lowest BCUT2D eigenvalue weighted by Crippen LogP contribution is -2.14. The monoisotopic (exact) mass is 325 g/mol. The second-order valence-corrected chi connectivity index (χ2v) is 6.67. The smallest absolute Gasteiger partial charge is 0.261 e. The Kier molecular flexibility index (Phi) is 4.82. The van der Waals surface area contributed by atoms with E-state index in [0.29, 0.717) is 17.3 Å². The predicted octanol–water partition coefficient (Wildman–Crippen LogP) is 2.56. The van der Waals surface area contributed by atoms with E-state index in [-0.39, 0.29) is 4.90 Å². The maximum atomic E-state index is 12.4. The van der Waals surface area contributed by atoms with Crippen LogP contribution in [0.5, 0.6) is 0 Å². The Morgan fingerprint density at radius 2 is 2.05 bits per heavy atom. The van der Waals surface area contributed by atoms with Crippen molar-refractivity contribution >= 4 is 27.3 Å². The zero-order valence-electron chi connectivity index (χ0n) is 11.7. The molecule has 0 aliphatic carbocycles. The highest BCUT2D eigenvalue weighted by molar-refractivity contribution is 7.92. The third-order valence-electron chi connectivity index (χ3n) is 2.97. The number of nitrogens with one attached hydrogen (secondary N) is 2. The molecule has 0 unspecified atom stereocenters. The van der Waals surface area contributed by atoms with Crippen LogP contribution in [0, 0.1) is 6.92 Å². The molecule has 1 aromatic heterocycles. The highest BCUT2D eigenvalue weighted by Gasteiger charge is 2.16. The Bertz CT molecular complexity index is 748. The van der Waals surface area contributed by atoms with Gasteiger partial charge >= 0.3 is 0 Å². The van der Waals surface area contributed by atoms with Crippen LogP contribution in [0.15, 0.2) is 41.6 Å². The highest BCUT2D eigenvalue weighted by atomic mass is 35.5. The van der Waals surface area contributed by atoms with Crippen molar-refractivity contribution in [3.63, 3.8) is 0 Å². The molecule has 0 spiro atoms. The second-order valence-electron chi connectivity index (χ2n) is 4.58. The number of pyridine rings is 1. The molecular weight excluding hydrogens is 310 g/mol. The maximum absolute atomic E-state index is 12.4. The fraction of sp³-hybridized carbons (Fsp3) is 0.214. The summed E-state index contributed by atoms with van der Waals surface area (Å²) in [7, 11) is -1.87. The SMILES string of the molecule is CNCc1ccc(S(=O)(=O)Nc2ccncc2C)cc1Cl. The van der Waals surface area contributed by atoms with Crippen LogP contribution in [0.3, 0.4) is 0 Å². The molecule has 0 amide bonds. The summed E-state index contributed by atoms with van der Waals surface area (Å²) >= 11 is 6.11. The molecule has 21 heavy (non-hydrogen) atoms. The fourth-order valence-corrected chi connectivity index (χ4v) is 3.29. The van der Waals surface area contributed by atoms with Crippen molar-refractivity contribution in [2.24, 2.45) is 0 Å². The van der Waals surface area contributed by atoms with Gasteiger partial charge in [0.1, 0.15) is 0 Å². The van der Waals surface area contributed by atoms with E-state index in [1.54, 1.807) is 32.3 Å². The molecule has 0 bridgehead atoms. The minimum Gasteiger partial charge on any atom is -0.316 e. The second kappa shape index (κ2) is 6.43. The third kappa shape index (κ3) is 3.72. The summed E-state index contributed by atoms with van der Waals surface area (Å²) in [6.45, 7) is 2.36. The number of aromatic nitrogens is 1. The van der Waals surface area contributed by atoms with Gasteiger partial charge in [0.2, 0.25) is 0 Å². The molecule has 1 heterocycles. The van der Waals surface area contributed by atoms with E-state index in [0.717, 1.165) is 11.1 Å². The number of nitrogens with zero attached hydrogens (tertiary/aromatic N) is 1. The zero-order valence-corrected chi connectivity index (χ0v) is 13.3. The molecule has 112 valence electrons. The number of hydrogen-bond donors (Lipinski definition) is 2. The number of halogens is 1. The number of aryl methyl sites for hydroxylation is 1. The van der Waals surface area contributed by atoms with Gasteiger partial charge in [0.15, 0.2) is 0 Å². The van der Waals surface area contributed by atoms with E-state index in [1.165, 1.54) is 18.3 Å². The summed E-state index contributed by atoms with van der Waals surface area (Å²) < 4.78 is 27.3. The predicted molar refractivity (Wildman–Crippen MR) is 84.0 cm³/mol. The van der Waals surface area contributed by atoms with Crippen LogP contribution >= 0.6 is 11.6 Å². The Hall–Kier alpha value is -1.63. The lowest BCUT2D eigenvalue weighted by atomic mass is 10.2. The summed E-state index contributed by atoms with van der Waals surface area (Å²) in [5, 5.41) is 3.39. The Balaban J connectivity index is 2.32. The molecule has 0 atom stereocenters. The van der Waals surface area contributed by atoms with Crippen molar-refractivity contribution in [1.82, 2.24) is 10.3 Å². The molecule has 0 fully saturated rings. The molecular formula is C14H16ClN3O2S. The molecule has 0 radical (unpaired) electrons. The Morgan fingerprint density at radius 1 is 1.29 bits per heavy atom. The van der Waals surface area contributed by atoms with Crippen molar-refractivity contribution in [3.05, 3.63) is 52.8 Å². The standard InChI is InChI=1S/C14H16ClN3O2S/c1-10-8-17-6-5-14(10)18-21(19,20)12-4-3-11(9-16-2)13(15)7-12/h3-8,16H,9H2,1-2H3,(H,17,18). The summed E-state index contributed by atoms with van der Waals surface area (Å²) in [6.07, 6.45) is 3.13. The van der Waals surface area contributed by atoms with E-state index >= 15 is 0 Å². The summed E-state index contributed by atoms with van der Waals surface area (Å²) in [4.78, 5) is 4.06. The minimum absolute atomic E-state index is 0.128. The Morgan fingerprint density at radius 3 is 2.67 bits per heavy atom. The number of rotatable bonds is 5. The van der Waals surface area contributed by atoms with Gasteiger partial charge in [-0.05, 0) is 43.3 Å². The van der Waals surface area contributed by atoms with Gasteiger partial charge in [0, 0.05) is 24.0 Å². The van der Waals surface area contributed by atoms with Crippen molar-refractivity contribution in [1.29, 1.82) is 0 Å². The number of sulfonamides is 1. The van der Waals surface area contributed by atoms with Crippen molar-refractivity contribution < 1.29 is 8.42 Å². The van der Waals surface area contributed by atoms with Gasteiger partial charge in [-0.1, -0.05) is 17.7 Å². The Labute approximate surface area is 129 Å². The lowest BCUT2D eigenvalue weighted by Gasteiger charge is -2.11. The maximum Gasteiger partial charge on any atom is 0.261 e. The van der Waals surface area contributed by atoms with Gasteiger partial charge in [-0.15, -0.1) is 0 Å². The van der Waals surface area contributed by atoms with E-state index in [4.69, 9.17) is 11.6 Å². The quantitative estimate of drug-likeness (QED) is 0.886. The van der Waals surface area contributed by atoms with E-state index in [9.17, 15) is 8.42 Å². The molecule has 5 nitrogen and oxygen atoms in total. The molecule has 7 heteroatoms. The van der Waals surface area contributed by atoms with Gasteiger partial charge in [0.25, 0.3) is 10.0 Å². The van der Waals surface area contributed by atoms with Crippen LogP contribution in [0.25, 0.3) is 0 Å². The number of benzene rings is 1. The van der Waals surface area contributed by atoms with E-state index < -0.39 is 10.0 Å². The lowest BCUT2D eigenvalue weighted by molar-refractivity contribution is 0.601. The van der Waals surface area contributed by atoms with Crippen molar-refractivity contribution in [2.45, 2.75) is 18.4 Å². The highest BCUT2D eigenvalue weighted by Crippen LogP contribution is 2.23. The summed E-state index contributed by atoms with van der Waals surface area (Å²) in [5.41, 5.74) is 2.10. The molecule has 2 rings (SSSR count). The first kappa shape index (κ1) is 15.8. The topological polar surface area (TPSA) is 71.1 Å². The van der Waals surface area contributed by atoms with Crippen LogP contribution in [-0.4, -0.2) is 20.4 Å². The van der Waals surface area contributed by atoms with Crippen LogP contribution in [-0.2, 0) is 16.6 Å². The summed E-state index contributed by atoms with van der Waals surface area (Å²) in [6, 6.07) is 6.31. The van der Waals surface area contributed by atoms with Gasteiger partial charge in [-0.25, -0.2) is 8.42 Å². The minimum atomic E-state index is -3.67. The largest absolute Gasteiger partial charge is 0.316 e. The van der Waals surface area contributed by atoms with E-state index in [1.807, 2.05) is 0 Å². The third-order valence-corrected chi connectivity index (χ3v) is 4.68. The van der Waals surface area contributed by atoms with Crippen molar-refractivity contribution in [2.75, 3.05) is 11.8 Å². The summed E-state index contributed by atoms with van der Waals surface area (Å²) in [5.74, 6) is 0. The fourth-order valence-electron chi connectivity index (χ4n) is 1.82. The van der Waals surface area contributed by atoms with E-state index in [2.05, 4.69) is 15.0 Å². The van der Waals surface area contributed by atoms with Gasteiger partial charge in [-0.2, -0.15) is 0 Å². The molecule has 0 saturated carbocycles. The normalized spacial score (nSPS) is 11.4. The average molecular weight is 326 g/mol. The number of anilines is 1. The van der Waals surface area contributed by atoms with Gasteiger partial charge < -0.3 is 5.32 Å². The van der Waals surface area contributed by atoms with Gasteiger partial charge in [0.05, 0.1) is 10.6 Å². The number of hydrogen-bond acceptors (Lipinski definition) is 4. The first-order valence-corrected chi connectivity index (χ1v) is 8.16. The molecule has 2 N–H and O–H groups in total. The van der Waals surface area contributed by atoms with Crippen LogP contribution in [0.2, 0.25) is 5.02 Å². The first-order chi connectivity index (χ1) is 9.94. The molecule has 2 aromatic rings. The van der Waals surface area contributed by atoms with Crippen molar-refractivity contribution in [3.8, 4) is 0 Å². The van der Waals surface area contributed by atoms with Gasteiger partial charge in [-0.3, -0.25) is 9.71 Å².